The van der Waals surface area contributed by atoms with Crippen molar-refractivity contribution in [3.8, 4) is 11.4 Å². The maximum absolute atomic E-state index is 12.3. The summed E-state index contributed by atoms with van der Waals surface area (Å²) in [5.41, 5.74) is 1.03. The molecule has 0 saturated heterocycles. The van der Waals surface area contributed by atoms with E-state index in [1.807, 2.05) is 32.0 Å². The van der Waals surface area contributed by atoms with E-state index in [9.17, 15) is 4.79 Å². The van der Waals surface area contributed by atoms with Gasteiger partial charge in [0.1, 0.15) is 5.76 Å². The first kappa shape index (κ1) is 14.6. The number of rotatable bonds is 3. The Hall–Kier alpha value is -2.34. The number of nitrogens with one attached hydrogen (secondary N) is 1. The Morgan fingerprint density at radius 2 is 2.09 bits per heavy atom. The summed E-state index contributed by atoms with van der Waals surface area (Å²) in [4.78, 5) is 16.6. The lowest BCUT2D eigenvalue weighted by atomic mass is 10.2. The van der Waals surface area contributed by atoms with Gasteiger partial charge in [0.15, 0.2) is 11.5 Å². The molecule has 2 heterocycles. The molecule has 1 N–H and O–H groups in total. The number of halogens is 1. The van der Waals surface area contributed by atoms with Gasteiger partial charge in [-0.05, 0) is 32.9 Å². The number of carbonyl (C=O) groups excluding carboxylic acids is 1. The highest BCUT2D eigenvalue weighted by atomic mass is 35.5. The maximum Gasteiger partial charge on any atom is 0.325 e. The summed E-state index contributed by atoms with van der Waals surface area (Å²) in [7, 11) is 0. The van der Waals surface area contributed by atoms with Gasteiger partial charge >= 0.3 is 5.84 Å². The third-order valence-corrected chi connectivity index (χ3v) is 3.45. The molecule has 0 aliphatic rings. The Labute approximate surface area is 132 Å². The van der Waals surface area contributed by atoms with Gasteiger partial charge in [-0.2, -0.15) is 9.50 Å². The molecule has 3 rings (SSSR count). The summed E-state index contributed by atoms with van der Waals surface area (Å²) in [6, 6.07) is 7.28. The van der Waals surface area contributed by atoms with Crippen molar-refractivity contribution in [2.45, 2.75) is 26.8 Å². The van der Waals surface area contributed by atoms with Crippen molar-refractivity contribution in [3.63, 3.8) is 0 Å². The van der Waals surface area contributed by atoms with Gasteiger partial charge in [0.2, 0.25) is 0 Å². The molecule has 0 spiro atoms. The lowest BCUT2D eigenvalue weighted by Crippen LogP contribution is -2.31. The average molecular weight is 319 g/mol. The molecule has 0 radical (unpaired) electrons. The van der Waals surface area contributed by atoms with Gasteiger partial charge < -0.3 is 9.73 Å². The quantitative estimate of drug-likeness (QED) is 0.805. The first-order valence-electron chi connectivity index (χ1n) is 6.89. The van der Waals surface area contributed by atoms with Crippen molar-refractivity contribution in [2.24, 2.45) is 0 Å². The summed E-state index contributed by atoms with van der Waals surface area (Å²) in [6.07, 6.45) is 0. The number of nitrogens with zero attached hydrogens (tertiary/aromatic N) is 3. The molecule has 0 saturated carbocycles. The number of oxazole rings is 1. The second-order valence-electron chi connectivity index (χ2n) is 5.24. The Morgan fingerprint density at radius 1 is 1.36 bits per heavy atom. The summed E-state index contributed by atoms with van der Waals surface area (Å²) in [6.45, 7) is 5.49. The molecule has 6 nitrogen and oxygen atoms in total. The van der Waals surface area contributed by atoms with Crippen LogP contribution < -0.4 is 5.32 Å². The first-order valence-corrected chi connectivity index (χ1v) is 7.27. The Kier molecular flexibility index (Phi) is 3.62. The average Bonchev–Trinajstić information content (AvgIpc) is 2.94. The fourth-order valence-electron chi connectivity index (χ4n) is 2.19. The number of aryl methyl sites for hydroxylation is 1. The Morgan fingerprint density at radius 3 is 2.77 bits per heavy atom. The number of hydrogen-bond acceptors (Lipinski definition) is 4. The molecular weight excluding hydrogens is 304 g/mol. The molecule has 2 aromatic heterocycles. The van der Waals surface area contributed by atoms with Crippen LogP contribution >= 0.6 is 11.6 Å². The summed E-state index contributed by atoms with van der Waals surface area (Å²) in [5, 5.41) is 7.73. The van der Waals surface area contributed by atoms with Crippen LogP contribution in [0.1, 0.15) is 30.1 Å². The topological polar surface area (TPSA) is 72.4 Å². The molecule has 0 aliphatic carbocycles. The van der Waals surface area contributed by atoms with Gasteiger partial charge in [-0.3, -0.25) is 4.79 Å². The monoisotopic (exact) mass is 318 g/mol. The molecule has 0 unspecified atom stereocenters. The highest BCUT2D eigenvalue weighted by Gasteiger charge is 2.22. The van der Waals surface area contributed by atoms with Crippen LogP contribution in [-0.4, -0.2) is 26.5 Å². The minimum atomic E-state index is -0.248. The fourth-order valence-corrected chi connectivity index (χ4v) is 2.41. The van der Waals surface area contributed by atoms with E-state index in [2.05, 4.69) is 15.4 Å². The Bertz CT molecular complexity index is 850. The second kappa shape index (κ2) is 5.46. The van der Waals surface area contributed by atoms with E-state index in [0.717, 1.165) is 0 Å². The first-order chi connectivity index (χ1) is 10.5. The van der Waals surface area contributed by atoms with Crippen LogP contribution in [0, 0.1) is 6.92 Å². The minimum absolute atomic E-state index is 0.0170. The van der Waals surface area contributed by atoms with Crippen molar-refractivity contribution in [1.29, 1.82) is 0 Å². The SMILES string of the molecule is Cc1oc2nc(-c3ccccc3Cl)nn2c1C(=O)NC(C)C. The maximum atomic E-state index is 12.3. The molecule has 7 heteroatoms. The van der Waals surface area contributed by atoms with E-state index in [-0.39, 0.29) is 17.8 Å². The molecule has 1 amide bonds. The normalized spacial score (nSPS) is 11.3. The summed E-state index contributed by atoms with van der Waals surface area (Å²) < 4.78 is 6.94. The number of aromatic nitrogens is 3. The van der Waals surface area contributed by atoms with Gasteiger partial charge in [0.05, 0.1) is 5.02 Å². The highest BCUT2D eigenvalue weighted by Crippen LogP contribution is 2.26. The molecule has 0 bridgehead atoms. The highest BCUT2D eigenvalue weighted by molar-refractivity contribution is 6.33. The molecular formula is C15H15ClN4O2. The van der Waals surface area contributed by atoms with Crippen LogP contribution in [0.15, 0.2) is 28.7 Å². The van der Waals surface area contributed by atoms with Gasteiger partial charge in [-0.1, -0.05) is 23.7 Å². The van der Waals surface area contributed by atoms with Crippen molar-refractivity contribution in [1.82, 2.24) is 19.9 Å². The zero-order chi connectivity index (χ0) is 15.9. The predicted molar refractivity (Wildman–Crippen MR) is 83.0 cm³/mol. The van der Waals surface area contributed by atoms with Crippen LogP contribution in [0.5, 0.6) is 0 Å². The van der Waals surface area contributed by atoms with E-state index >= 15 is 0 Å². The van der Waals surface area contributed by atoms with Gasteiger partial charge in [-0.25, -0.2) is 0 Å². The third kappa shape index (κ3) is 2.46. The van der Waals surface area contributed by atoms with Crippen LogP contribution in [0.3, 0.4) is 0 Å². The van der Waals surface area contributed by atoms with E-state index in [1.165, 1.54) is 4.52 Å². The lowest BCUT2D eigenvalue weighted by molar-refractivity contribution is 0.0934. The number of amides is 1. The van der Waals surface area contributed by atoms with Crippen LogP contribution in [0.4, 0.5) is 0 Å². The summed E-state index contributed by atoms with van der Waals surface area (Å²) in [5.74, 6) is 0.907. The van der Waals surface area contributed by atoms with Gasteiger partial charge in [0, 0.05) is 11.6 Å². The number of fused-ring (bicyclic) bond motifs is 1. The zero-order valence-electron chi connectivity index (χ0n) is 12.4. The van der Waals surface area contributed by atoms with E-state index in [0.29, 0.717) is 27.9 Å². The molecule has 3 aromatic rings. The number of benzene rings is 1. The molecule has 22 heavy (non-hydrogen) atoms. The van der Waals surface area contributed by atoms with Crippen molar-refractivity contribution in [3.05, 3.63) is 40.7 Å². The summed E-state index contributed by atoms with van der Waals surface area (Å²) >= 11 is 6.16. The molecule has 0 fully saturated rings. The molecule has 1 aromatic carbocycles. The van der Waals surface area contributed by atoms with Crippen molar-refractivity contribution < 1.29 is 9.21 Å². The Balaban J connectivity index is 2.10. The van der Waals surface area contributed by atoms with Crippen molar-refractivity contribution in [2.75, 3.05) is 0 Å². The lowest BCUT2D eigenvalue weighted by Gasteiger charge is -2.06. The standard InChI is InChI=1S/C15H15ClN4O2/c1-8(2)17-14(21)12-9(3)22-15-18-13(19-20(12)15)10-6-4-5-7-11(10)16/h4-8H,1-3H3,(H,17,21). The fraction of sp³-hybridized carbons (Fsp3) is 0.267. The zero-order valence-corrected chi connectivity index (χ0v) is 13.2. The van der Waals surface area contributed by atoms with Crippen LogP contribution in [0.2, 0.25) is 5.02 Å². The molecule has 114 valence electrons. The van der Waals surface area contributed by atoms with Crippen molar-refractivity contribution >= 4 is 23.4 Å². The number of carbonyl (C=O) groups is 1. The number of hydrogen-bond donors (Lipinski definition) is 1. The van der Waals surface area contributed by atoms with E-state index in [4.69, 9.17) is 16.0 Å². The second-order valence-corrected chi connectivity index (χ2v) is 5.65. The van der Waals surface area contributed by atoms with Gasteiger partial charge in [0.25, 0.3) is 5.91 Å². The van der Waals surface area contributed by atoms with E-state index < -0.39 is 0 Å². The molecule has 0 atom stereocenters. The van der Waals surface area contributed by atoms with Gasteiger partial charge in [-0.15, -0.1) is 5.10 Å². The predicted octanol–water partition coefficient (Wildman–Crippen LogP) is 3.09. The van der Waals surface area contributed by atoms with Crippen LogP contribution in [0.25, 0.3) is 17.2 Å². The smallest absolute Gasteiger partial charge is 0.325 e. The van der Waals surface area contributed by atoms with Crippen LogP contribution in [-0.2, 0) is 0 Å². The molecule has 0 aliphatic heterocycles. The van der Waals surface area contributed by atoms with E-state index in [1.54, 1.807) is 13.0 Å². The third-order valence-electron chi connectivity index (χ3n) is 3.12. The largest absolute Gasteiger partial charge is 0.427 e. The minimum Gasteiger partial charge on any atom is -0.427 e.